The van der Waals surface area contributed by atoms with Gasteiger partial charge in [0.25, 0.3) is 0 Å². The lowest BCUT2D eigenvalue weighted by atomic mass is 9.85. The van der Waals surface area contributed by atoms with E-state index in [-0.39, 0.29) is 35.5 Å². The minimum Gasteiger partial charge on any atom is -0.370 e. The number of carbonyl (C=O) groups excluding carboxylic acids is 2. The number of guanidine groups is 1. The molecule has 0 radical (unpaired) electrons. The molecule has 2 amide bonds. The van der Waals surface area contributed by atoms with E-state index in [0.29, 0.717) is 25.6 Å². The van der Waals surface area contributed by atoms with Gasteiger partial charge in [0.2, 0.25) is 11.8 Å². The average Bonchev–Trinajstić information content (AvgIpc) is 3.14. The number of nitrogens with one attached hydrogen (secondary N) is 1. The zero-order chi connectivity index (χ0) is 15.9. The number of fused-ring (bicyclic) bond motifs is 5. The van der Waals surface area contributed by atoms with E-state index in [1.807, 2.05) is 6.92 Å². The molecule has 2 fully saturated rings. The van der Waals surface area contributed by atoms with E-state index in [0.717, 1.165) is 12.0 Å². The van der Waals surface area contributed by atoms with Gasteiger partial charge >= 0.3 is 0 Å². The second-order valence-corrected chi connectivity index (χ2v) is 6.41. The van der Waals surface area contributed by atoms with Gasteiger partial charge in [0.15, 0.2) is 5.96 Å². The highest BCUT2D eigenvalue weighted by Crippen LogP contribution is 2.52. The first kappa shape index (κ1) is 14.8. The molecule has 0 aromatic carbocycles. The molecule has 4 atom stereocenters. The summed E-state index contributed by atoms with van der Waals surface area (Å²) in [5.74, 6) is 0.522. The summed E-state index contributed by atoms with van der Waals surface area (Å²) in [5, 5.41) is 2.93. The third-order valence-corrected chi connectivity index (χ3v) is 4.72. The Kier molecular flexibility index (Phi) is 3.76. The SMILES string of the molecule is C=C(C)CN=C(N)NCCN1C(=O)C2C3C=CC(C3)C2C1=O. The fourth-order valence-corrected chi connectivity index (χ4v) is 3.76. The monoisotopic (exact) mass is 302 g/mol. The second kappa shape index (κ2) is 5.59. The Balaban J connectivity index is 1.54. The van der Waals surface area contributed by atoms with Crippen molar-refractivity contribution in [2.45, 2.75) is 13.3 Å². The van der Waals surface area contributed by atoms with Gasteiger partial charge in [-0.3, -0.25) is 14.5 Å². The van der Waals surface area contributed by atoms with E-state index in [1.165, 1.54) is 4.90 Å². The molecular formula is C16H22N4O2. The predicted octanol–water partition coefficient (Wildman–Crippen LogP) is 0.274. The van der Waals surface area contributed by atoms with Crippen LogP contribution < -0.4 is 11.1 Å². The van der Waals surface area contributed by atoms with Gasteiger partial charge in [-0.1, -0.05) is 24.3 Å². The largest absolute Gasteiger partial charge is 0.370 e. The first-order valence-corrected chi connectivity index (χ1v) is 7.70. The molecule has 1 aliphatic heterocycles. The molecule has 1 saturated carbocycles. The molecule has 3 aliphatic rings. The van der Waals surface area contributed by atoms with Crippen molar-refractivity contribution in [1.29, 1.82) is 0 Å². The maximum Gasteiger partial charge on any atom is 0.233 e. The van der Waals surface area contributed by atoms with Gasteiger partial charge in [0.05, 0.1) is 18.4 Å². The molecule has 118 valence electrons. The van der Waals surface area contributed by atoms with Gasteiger partial charge in [0, 0.05) is 13.1 Å². The molecule has 0 aromatic rings. The van der Waals surface area contributed by atoms with Crippen molar-refractivity contribution in [2.75, 3.05) is 19.6 Å². The first-order chi connectivity index (χ1) is 10.5. The topological polar surface area (TPSA) is 87.8 Å². The minimum atomic E-state index is -0.128. The van der Waals surface area contributed by atoms with Crippen LogP contribution in [-0.2, 0) is 9.59 Å². The zero-order valence-electron chi connectivity index (χ0n) is 12.8. The number of imide groups is 1. The molecule has 3 rings (SSSR count). The summed E-state index contributed by atoms with van der Waals surface area (Å²) in [4.78, 5) is 30.4. The minimum absolute atomic E-state index is 0.0221. The van der Waals surface area contributed by atoms with E-state index in [9.17, 15) is 9.59 Å². The normalized spacial score (nSPS) is 32.8. The van der Waals surface area contributed by atoms with Gasteiger partial charge < -0.3 is 11.1 Å². The number of aliphatic imine (C=N–C) groups is 1. The van der Waals surface area contributed by atoms with Crippen molar-refractivity contribution in [2.24, 2.45) is 34.4 Å². The van der Waals surface area contributed by atoms with Crippen molar-refractivity contribution in [3.8, 4) is 0 Å². The summed E-state index contributed by atoms with van der Waals surface area (Å²) in [7, 11) is 0. The number of nitrogens with two attached hydrogens (primary N) is 1. The molecule has 0 aromatic heterocycles. The number of allylic oxidation sites excluding steroid dienone is 2. The van der Waals surface area contributed by atoms with E-state index in [1.54, 1.807) is 0 Å². The molecule has 3 N–H and O–H groups in total. The number of amides is 2. The zero-order valence-corrected chi connectivity index (χ0v) is 12.8. The van der Waals surface area contributed by atoms with Crippen molar-refractivity contribution in [3.63, 3.8) is 0 Å². The van der Waals surface area contributed by atoms with Crippen LogP contribution in [0.1, 0.15) is 13.3 Å². The summed E-state index contributed by atoms with van der Waals surface area (Å²) in [5.41, 5.74) is 6.64. The van der Waals surface area contributed by atoms with Crippen LogP contribution in [-0.4, -0.2) is 42.3 Å². The molecule has 4 unspecified atom stereocenters. The van der Waals surface area contributed by atoms with Crippen LogP contribution in [0.15, 0.2) is 29.3 Å². The van der Waals surface area contributed by atoms with Crippen LogP contribution in [0, 0.1) is 23.7 Å². The van der Waals surface area contributed by atoms with Crippen LogP contribution in [0.2, 0.25) is 0 Å². The van der Waals surface area contributed by atoms with Crippen molar-refractivity contribution in [1.82, 2.24) is 10.2 Å². The van der Waals surface area contributed by atoms with Crippen LogP contribution in [0.3, 0.4) is 0 Å². The van der Waals surface area contributed by atoms with Crippen molar-refractivity contribution < 1.29 is 9.59 Å². The van der Waals surface area contributed by atoms with Crippen LogP contribution >= 0.6 is 0 Å². The maximum atomic E-state index is 12.4. The fraction of sp³-hybridized carbons (Fsp3) is 0.562. The van der Waals surface area contributed by atoms with Crippen LogP contribution in [0.25, 0.3) is 0 Å². The lowest BCUT2D eigenvalue weighted by molar-refractivity contribution is -0.140. The molecule has 2 bridgehead atoms. The van der Waals surface area contributed by atoms with Gasteiger partial charge in [0.1, 0.15) is 0 Å². The van der Waals surface area contributed by atoms with Gasteiger partial charge in [-0.15, -0.1) is 0 Å². The summed E-state index contributed by atoms with van der Waals surface area (Å²) < 4.78 is 0. The van der Waals surface area contributed by atoms with Gasteiger partial charge in [-0.25, -0.2) is 4.99 Å². The Morgan fingerprint density at radius 1 is 1.36 bits per heavy atom. The predicted molar refractivity (Wildman–Crippen MR) is 83.7 cm³/mol. The third-order valence-electron chi connectivity index (χ3n) is 4.72. The average molecular weight is 302 g/mol. The van der Waals surface area contributed by atoms with Crippen LogP contribution in [0.5, 0.6) is 0 Å². The van der Waals surface area contributed by atoms with E-state index < -0.39 is 0 Å². The molecule has 2 aliphatic carbocycles. The molecule has 22 heavy (non-hydrogen) atoms. The smallest absolute Gasteiger partial charge is 0.233 e. The lowest BCUT2D eigenvalue weighted by Gasteiger charge is -2.17. The number of likely N-dealkylation sites (tertiary alicyclic amines) is 1. The molecule has 1 saturated heterocycles. The Morgan fingerprint density at radius 2 is 1.95 bits per heavy atom. The Morgan fingerprint density at radius 3 is 2.50 bits per heavy atom. The van der Waals surface area contributed by atoms with E-state index in [2.05, 4.69) is 29.0 Å². The standard InChI is InChI=1S/C16H22N4O2/c1-9(2)8-19-16(17)18-5-6-20-14(21)12-10-3-4-11(7-10)13(12)15(20)22/h3-4,10-13H,1,5-8H2,2H3,(H3,17,18,19). The number of hydrogen-bond acceptors (Lipinski definition) is 3. The van der Waals surface area contributed by atoms with Crippen molar-refractivity contribution >= 4 is 17.8 Å². The maximum absolute atomic E-state index is 12.4. The first-order valence-electron chi connectivity index (χ1n) is 7.70. The molecule has 0 spiro atoms. The van der Waals surface area contributed by atoms with Gasteiger partial charge in [-0.2, -0.15) is 0 Å². The summed E-state index contributed by atoms with van der Waals surface area (Å²) in [6.07, 6.45) is 5.15. The molecular weight excluding hydrogens is 280 g/mol. The summed E-state index contributed by atoms with van der Waals surface area (Å²) in [6, 6.07) is 0. The van der Waals surface area contributed by atoms with E-state index in [4.69, 9.17) is 5.73 Å². The highest BCUT2D eigenvalue weighted by atomic mass is 16.2. The number of hydrogen-bond donors (Lipinski definition) is 2. The Hall–Kier alpha value is -2.11. The van der Waals surface area contributed by atoms with E-state index >= 15 is 0 Å². The lowest BCUT2D eigenvalue weighted by Crippen LogP contribution is -2.41. The Bertz CT molecular complexity index is 551. The summed E-state index contributed by atoms with van der Waals surface area (Å²) >= 11 is 0. The number of carbonyl (C=O) groups is 2. The van der Waals surface area contributed by atoms with Crippen LogP contribution in [0.4, 0.5) is 0 Å². The second-order valence-electron chi connectivity index (χ2n) is 6.41. The van der Waals surface area contributed by atoms with Crippen molar-refractivity contribution in [3.05, 3.63) is 24.3 Å². The number of nitrogens with zero attached hydrogens (tertiary/aromatic N) is 2. The molecule has 6 heteroatoms. The quantitative estimate of drug-likeness (QED) is 0.330. The highest BCUT2D eigenvalue weighted by molar-refractivity contribution is 6.06. The summed E-state index contributed by atoms with van der Waals surface area (Å²) in [6.45, 7) is 6.86. The fourth-order valence-electron chi connectivity index (χ4n) is 3.76. The van der Waals surface area contributed by atoms with Gasteiger partial charge in [-0.05, 0) is 25.2 Å². The Labute approximate surface area is 130 Å². The highest BCUT2D eigenvalue weighted by Gasteiger charge is 2.58. The molecule has 6 nitrogen and oxygen atoms in total. The molecule has 1 heterocycles. The third kappa shape index (κ3) is 2.42. The number of rotatable bonds is 5.